The summed E-state index contributed by atoms with van der Waals surface area (Å²) < 4.78 is 16.7. The normalized spacial score (nSPS) is 11.6. The van der Waals surface area contributed by atoms with Gasteiger partial charge in [0.1, 0.15) is 11.4 Å². The number of para-hydroxylation sites is 2. The van der Waals surface area contributed by atoms with Gasteiger partial charge in [-0.1, -0.05) is 209 Å². The molecule has 0 unspecified atom stereocenters. The van der Waals surface area contributed by atoms with Crippen LogP contribution in [0.5, 0.6) is 0 Å². The Labute approximate surface area is 473 Å². The predicted molar refractivity (Wildman–Crippen MR) is 328 cm³/mol. The molecule has 0 amide bonds. The summed E-state index contributed by atoms with van der Waals surface area (Å²) in [4.78, 5) is 37.6. The van der Waals surface area contributed by atoms with Crippen molar-refractivity contribution in [3.05, 3.63) is 227 Å². The number of hydrogen-bond donors (Lipinski definition) is 0. The summed E-state index contributed by atoms with van der Waals surface area (Å²) >= 11 is 0. The second-order valence-electron chi connectivity index (χ2n) is 21.7. The predicted octanol–water partition coefficient (Wildman–Crippen LogP) is 17.2. The highest BCUT2D eigenvalue weighted by molar-refractivity contribution is 6.11. The summed E-state index contributed by atoms with van der Waals surface area (Å²) in [6.45, 7) is 2.53. The zero-order valence-electron chi connectivity index (χ0n) is 46.7. The van der Waals surface area contributed by atoms with Crippen molar-refractivity contribution in [3.63, 3.8) is 0 Å². The number of pyridine rings is 2. The second kappa shape index (κ2) is 28.9. The molecule has 10 aromatic rings. The van der Waals surface area contributed by atoms with E-state index in [0.717, 1.165) is 160 Å². The molecule has 0 saturated carbocycles. The van der Waals surface area contributed by atoms with Crippen molar-refractivity contribution in [2.24, 2.45) is 0 Å². The van der Waals surface area contributed by atoms with Gasteiger partial charge in [0, 0.05) is 45.7 Å². The number of aromatic nitrogens is 4. The molecule has 0 saturated heterocycles. The van der Waals surface area contributed by atoms with Crippen LogP contribution in [0.15, 0.2) is 182 Å². The molecule has 0 aliphatic heterocycles. The smallest absolute Gasteiger partial charge is 0.356 e. The fraction of sp³-hybridized carbons (Fsp3) is 0.333. The average molecular weight is 1060 g/mol. The van der Waals surface area contributed by atoms with Crippen molar-refractivity contribution in [1.29, 1.82) is 0 Å². The van der Waals surface area contributed by atoms with Crippen molar-refractivity contribution < 1.29 is 19.1 Å². The molecule has 0 aliphatic rings. The monoisotopic (exact) mass is 1060 g/mol. The first-order valence-electron chi connectivity index (χ1n) is 29.9. The largest absolute Gasteiger partial charge is 0.461 e. The van der Waals surface area contributed by atoms with E-state index in [1.54, 1.807) is 0 Å². The highest BCUT2D eigenvalue weighted by Crippen LogP contribution is 2.35. The number of hydrogen-bond acceptors (Lipinski definition) is 6. The highest BCUT2D eigenvalue weighted by atomic mass is 16.5. The minimum atomic E-state index is -0.338. The van der Waals surface area contributed by atoms with Crippen LogP contribution in [0.1, 0.15) is 145 Å². The van der Waals surface area contributed by atoms with Crippen molar-refractivity contribution in [1.82, 2.24) is 19.1 Å². The molecule has 0 atom stereocenters. The lowest BCUT2D eigenvalue weighted by Crippen LogP contribution is -2.11. The third-order valence-electron chi connectivity index (χ3n) is 15.9. The van der Waals surface area contributed by atoms with E-state index < -0.39 is 0 Å². The fourth-order valence-corrected chi connectivity index (χ4v) is 11.8. The second-order valence-corrected chi connectivity index (χ2v) is 21.7. The summed E-state index contributed by atoms with van der Waals surface area (Å²) in [6, 6.07) is 63.7. The molecule has 8 heteroatoms. The molecule has 4 aromatic heterocycles. The lowest BCUT2D eigenvalue weighted by molar-refractivity contribution is 0.0481. The van der Waals surface area contributed by atoms with Crippen LogP contribution in [0.3, 0.4) is 0 Å². The quantitative estimate of drug-likeness (QED) is 0.0318. The van der Waals surface area contributed by atoms with E-state index in [2.05, 4.69) is 179 Å². The van der Waals surface area contributed by atoms with Crippen molar-refractivity contribution in [2.75, 3.05) is 13.2 Å². The maximum atomic E-state index is 13.7. The van der Waals surface area contributed by atoms with Crippen LogP contribution in [0.25, 0.3) is 43.6 Å². The van der Waals surface area contributed by atoms with E-state index in [1.807, 2.05) is 12.1 Å². The van der Waals surface area contributed by atoms with Crippen LogP contribution in [0, 0.1) is 0 Å². The molecule has 80 heavy (non-hydrogen) atoms. The number of carbonyl (C=O) groups is 2. The van der Waals surface area contributed by atoms with Crippen LogP contribution >= 0.6 is 0 Å². The highest BCUT2D eigenvalue weighted by Gasteiger charge is 2.22. The third-order valence-corrected chi connectivity index (χ3v) is 15.9. The number of fused-ring (bicyclic) bond motifs is 6. The maximum Gasteiger partial charge on any atom is 0.356 e. The number of aryl methyl sites for hydroxylation is 8. The van der Waals surface area contributed by atoms with Gasteiger partial charge in [0.15, 0.2) is 0 Å². The number of ether oxygens (including phenoxy) is 2. The molecule has 4 heterocycles. The Bertz CT molecular complexity index is 3320. The topological polar surface area (TPSA) is 88.2 Å². The van der Waals surface area contributed by atoms with Gasteiger partial charge >= 0.3 is 11.9 Å². The number of unbranched alkanes of at least 4 members (excludes halogenated alkanes) is 9. The molecule has 0 fully saturated rings. The fourth-order valence-electron chi connectivity index (χ4n) is 11.8. The van der Waals surface area contributed by atoms with E-state index in [-0.39, 0.29) is 11.9 Å². The van der Waals surface area contributed by atoms with Gasteiger partial charge in [0.05, 0.1) is 35.6 Å². The Morgan fingerprint density at radius 1 is 0.325 bits per heavy atom. The molecule has 0 N–H and O–H groups in total. The van der Waals surface area contributed by atoms with E-state index in [9.17, 15) is 9.59 Å². The molecule has 410 valence electrons. The Morgan fingerprint density at radius 3 is 1.00 bits per heavy atom. The van der Waals surface area contributed by atoms with Gasteiger partial charge in [-0.25, -0.2) is 19.6 Å². The van der Waals surface area contributed by atoms with Gasteiger partial charge in [-0.15, -0.1) is 0 Å². The molecule has 0 radical (unpaired) electrons. The Hall–Kier alpha value is -7.84. The Balaban J connectivity index is 0.661. The van der Waals surface area contributed by atoms with E-state index in [1.165, 1.54) is 59.0 Å². The van der Waals surface area contributed by atoms with Crippen LogP contribution in [-0.2, 0) is 61.1 Å². The first-order valence-corrected chi connectivity index (χ1v) is 29.9. The number of nitrogens with zero attached hydrogens (tertiary/aromatic N) is 4. The first kappa shape index (κ1) is 55.5. The van der Waals surface area contributed by atoms with Crippen LogP contribution in [-0.4, -0.2) is 44.3 Å². The zero-order valence-corrected chi connectivity index (χ0v) is 46.7. The maximum absolute atomic E-state index is 13.7. The molecule has 6 aromatic carbocycles. The van der Waals surface area contributed by atoms with Gasteiger partial charge in [-0.05, 0) is 124 Å². The summed E-state index contributed by atoms with van der Waals surface area (Å²) in [6.07, 6.45) is 20.0. The lowest BCUT2D eigenvalue weighted by Gasteiger charge is -2.13. The van der Waals surface area contributed by atoms with Crippen molar-refractivity contribution >= 4 is 55.6 Å². The number of benzene rings is 6. The number of carbonyl (C=O) groups excluding carboxylic acids is 2. The zero-order chi connectivity index (χ0) is 54.6. The molecular formula is C72H78N4O4. The summed E-state index contributed by atoms with van der Waals surface area (Å²) in [5.41, 5.74) is 12.7. The van der Waals surface area contributed by atoms with Crippen LogP contribution < -0.4 is 0 Å². The number of rotatable bonds is 31. The van der Waals surface area contributed by atoms with E-state index in [0.29, 0.717) is 24.6 Å². The molecule has 0 aliphatic carbocycles. The minimum absolute atomic E-state index is 0.338. The Kier molecular flexibility index (Phi) is 20.0. The van der Waals surface area contributed by atoms with Crippen LogP contribution in [0.4, 0.5) is 0 Å². The molecule has 8 nitrogen and oxygen atoms in total. The lowest BCUT2D eigenvalue weighted by atomic mass is 10.0. The van der Waals surface area contributed by atoms with Gasteiger partial charge in [0.25, 0.3) is 0 Å². The van der Waals surface area contributed by atoms with Crippen molar-refractivity contribution in [2.45, 2.75) is 142 Å². The van der Waals surface area contributed by atoms with Gasteiger partial charge in [-0.2, -0.15) is 0 Å². The van der Waals surface area contributed by atoms with Gasteiger partial charge in [-0.3, -0.25) is 0 Å². The average Bonchev–Trinajstić information content (AvgIpc) is 4.04. The summed E-state index contributed by atoms with van der Waals surface area (Å²) in [5, 5.41) is 4.45. The number of esters is 2. The third kappa shape index (κ3) is 14.7. The van der Waals surface area contributed by atoms with Gasteiger partial charge < -0.3 is 18.6 Å². The van der Waals surface area contributed by atoms with E-state index in [4.69, 9.17) is 19.4 Å². The molecule has 10 rings (SSSR count). The Morgan fingerprint density at radius 2 is 0.637 bits per heavy atom. The summed E-state index contributed by atoms with van der Waals surface area (Å²) in [7, 11) is 0. The first-order chi connectivity index (χ1) is 39.6. The van der Waals surface area contributed by atoms with E-state index >= 15 is 0 Å². The molecular weight excluding hydrogens is 985 g/mol. The standard InChI is InChI=1S/C72H78N4O4/c77-71(65-53-61-59-43-21-23-47-67(59)75(49-29-41-57-35-17-11-18-36-57)69(61)63(73-65)45-27-39-55-31-13-9-14-32-55)79-51-25-7-5-3-1-2-4-6-8-26-52-80-72(78)66-54-62-60-44-22-24-48-68(60)76(50-30-42-58-37-19-12-20-38-58)70(62)64(74-66)46-28-40-56-33-15-10-16-34-56/h9-24,31-38,43-44,47-48,53-54H,1-8,25-30,39-42,45-46,49-52H2. The molecule has 0 bridgehead atoms. The van der Waals surface area contributed by atoms with Gasteiger partial charge in [0.2, 0.25) is 0 Å². The molecule has 0 spiro atoms. The minimum Gasteiger partial charge on any atom is -0.461 e. The van der Waals surface area contributed by atoms with Crippen molar-refractivity contribution in [3.8, 4) is 0 Å². The van der Waals surface area contributed by atoms with Crippen LogP contribution in [0.2, 0.25) is 0 Å². The summed E-state index contributed by atoms with van der Waals surface area (Å²) in [5.74, 6) is -0.677. The SMILES string of the molecule is O=C(OCCCCCCCCCCCCOC(=O)c1cc2c3ccccc3n(CCCc3ccccc3)c2c(CCCc2ccccc2)n1)c1cc2c3ccccc3n(CCCc3ccccc3)c2c(CCCc2ccccc2)n1.